The van der Waals surface area contributed by atoms with E-state index in [1.807, 2.05) is 13.1 Å². The van der Waals surface area contributed by atoms with Crippen LogP contribution >= 0.6 is 0 Å². The fourth-order valence-corrected chi connectivity index (χ4v) is 8.19. The van der Waals surface area contributed by atoms with Gasteiger partial charge < -0.3 is 24.3 Å². The number of carbonyl (C=O) groups is 2. The van der Waals surface area contributed by atoms with Gasteiger partial charge in [-0.15, -0.1) is 6.58 Å². The Morgan fingerprint density at radius 3 is 2.44 bits per heavy atom. The summed E-state index contributed by atoms with van der Waals surface area (Å²) in [5.41, 5.74) is 0.456. The predicted octanol–water partition coefficient (Wildman–Crippen LogP) is 4.83. The molecule has 2 aromatic carbocycles. The Bertz CT molecular complexity index is 2140. The topological polar surface area (TPSA) is 218 Å². The van der Waals surface area contributed by atoms with Crippen LogP contribution in [0.3, 0.4) is 0 Å². The van der Waals surface area contributed by atoms with Crippen molar-refractivity contribution in [3.8, 4) is 0 Å². The maximum atomic E-state index is 14.0. The van der Waals surface area contributed by atoms with Gasteiger partial charge in [-0.2, -0.15) is 4.31 Å². The third-order valence-corrected chi connectivity index (χ3v) is 16.3. The quantitative estimate of drug-likeness (QED) is 0.0542. The Labute approximate surface area is 319 Å². The van der Waals surface area contributed by atoms with Crippen molar-refractivity contribution in [2.75, 3.05) is 18.5 Å². The molecule has 1 aliphatic heterocycles. The lowest BCUT2D eigenvalue weighted by Gasteiger charge is -2.37. The Morgan fingerprint density at radius 1 is 1.15 bits per heavy atom. The predicted molar refractivity (Wildman–Crippen MR) is 204 cm³/mol. The highest BCUT2D eigenvalue weighted by atomic mass is 32.2. The fourth-order valence-electron chi connectivity index (χ4n) is 5.58. The number of anilines is 1. The fraction of sp³-hybridized carbons (Fsp3) is 0.417. The summed E-state index contributed by atoms with van der Waals surface area (Å²) in [6.07, 6.45) is -0.875. The zero-order valence-electron chi connectivity index (χ0n) is 31.4. The Hall–Kier alpha value is -4.92. The summed E-state index contributed by atoms with van der Waals surface area (Å²) in [6, 6.07) is 11.4. The molecule has 17 nitrogen and oxygen atoms in total. The van der Waals surface area contributed by atoms with Crippen LogP contribution < -0.4 is 5.32 Å². The number of benzene rings is 2. The van der Waals surface area contributed by atoms with Crippen molar-refractivity contribution in [2.24, 2.45) is 0 Å². The van der Waals surface area contributed by atoms with Crippen LogP contribution in [0.5, 0.6) is 0 Å². The SMILES string of the molecule is C=CCCN([C@@H](C)C(=O)O[C@@H]1[C@H](O)[C@@H](CO[Si](C)(C)C(C)(C)C)O[C@H]1n1cnc2c(NC(=O)c3ccccc3)ncnc21)S(=O)(=O)c1ccc([N+](=O)[O-])cc1. The van der Waals surface area contributed by atoms with E-state index in [4.69, 9.17) is 13.9 Å². The van der Waals surface area contributed by atoms with Crippen molar-refractivity contribution in [3.63, 3.8) is 0 Å². The van der Waals surface area contributed by atoms with E-state index in [2.05, 4.69) is 47.6 Å². The molecule has 0 aliphatic carbocycles. The Kier molecular flexibility index (Phi) is 12.3. The zero-order valence-corrected chi connectivity index (χ0v) is 33.2. The largest absolute Gasteiger partial charge is 0.453 e. The second-order valence-electron chi connectivity index (χ2n) is 14.5. The van der Waals surface area contributed by atoms with Gasteiger partial charge in [-0.25, -0.2) is 23.4 Å². The van der Waals surface area contributed by atoms with Crippen molar-refractivity contribution in [2.45, 2.75) is 87.7 Å². The number of fused-ring (bicyclic) bond motifs is 1. The highest BCUT2D eigenvalue weighted by Crippen LogP contribution is 2.39. The van der Waals surface area contributed by atoms with E-state index in [9.17, 15) is 33.2 Å². The van der Waals surface area contributed by atoms with Gasteiger partial charge in [0.05, 0.1) is 22.8 Å². The lowest BCUT2D eigenvalue weighted by atomic mass is 10.1. The Morgan fingerprint density at radius 2 is 1.82 bits per heavy atom. The second kappa shape index (κ2) is 16.4. The maximum absolute atomic E-state index is 14.0. The van der Waals surface area contributed by atoms with Gasteiger partial charge in [0.2, 0.25) is 10.0 Å². The minimum Gasteiger partial charge on any atom is -0.453 e. The molecule has 55 heavy (non-hydrogen) atoms. The first-order chi connectivity index (χ1) is 25.9. The minimum atomic E-state index is -4.39. The smallest absolute Gasteiger partial charge is 0.324 e. The van der Waals surface area contributed by atoms with Gasteiger partial charge in [0, 0.05) is 24.2 Å². The van der Waals surface area contributed by atoms with Gasteiger partial charge in [0.25, 0.3) is 11.6 Å². The van der Waals surface area contributed by atoms with Crippen LogP contribution in [-0.2, 0) is 28.7 Å². The molecule has 19 heteroatoms. The van der Waals surface area contributed by atoms with E-state index in [0.29, 0.717) is 5.56 Å². The molecule has 2 N–H and O–H groups in total. The summed E-state index contributed by atoms with van der Waals surface area (Å²) in [4.78, 5) is 50.2. The van der Waals surface area contributed by atoms with E-state index < -0.39 is 65.7 Å². The van der Waals surface area contributed by atoms with Crippen LogP contribution in [0.15, 0.2) is 84.8 Å². The van der Waals surface area contributed by atoms with Crippen LogP contribution in [0.4, 0.5) is 11.5 Å². The number of nitro groups is 1. The van der Waals surface area contributed by atoms with E-state index in [0.717, 1.165) is 28.6 Å². The first kappa shape index (κ1) is 41.2. The molecule has 1 fully saturated rings. The first-order valence-corrected chi connectivity index (χ1v) is 21.8. The molecule has 0 saturated carbocycles. The number of ether oxygens (including phenoxy) is 2. The molecule has 3 heterocycles. The second-order valence-corrected chi connectivity index (χ2v) is 21.2. The van der Waals surface area contributed by atoms with E-state index in [1.165, 1.54) is 30.2 Å². The number of rotatable bonds is 15. The zero-order chi connectivity index (χ0) is 40.3. The number of nitrogens with one attached hydrogen (secondary N) is 1. The number of amides is 1. The number of nitrogens with zero attached hydrogens (tertiary/aromatic N) is 6. The number of aromatic nitrogens is 4. The third kappa shape index (κ3) is 8.82. The van der Waals surface area contributed by atoms with Gasteiger partial charge in [-0.3, -0.25) is 24.3 Å². The number of hydrogen-bond acceptors (Lipinski definition) is 13. The number of hydrogen-bond donors (Lipinski definition) is 2. The van der Waals surface area contributed by atoms with Crippen LogP contribution in [0.25, 0.3) is 11.2 Å². The van der Waals surface area contributed by atoms with E-state index in [-0.39, 0.29) is 52.2 Å². The van der Waals surface area contributed by atoms with Crippen LogP contribution in [0.1, 0.15) is 50.7 Å². The number of aliphatic hydroxyl groups excluding tert-OH is 1. The van der Waals surface area contributed by atoms with Gasteiger partial charge in [-0.1, -0.05) is 45.0 Å². The maximum Gasteiger partial charge on any atom is 0.324 e. The van der Waals surface area contributed by atoms with Crippen molar-refractivity contribution in [1.29, 1.82) is 0 Å². The number of carbonyl (C=O) groups excluding carboxylic acids is 2. The summed E-state index contributed by atoms with van der Waals surface area (Å²) in [5.74, 6) is -1.34. The summed E-state index contributed by atoms with van der Waals surface area (Å²) < 4.78 is 48.7. The first-order valence-electron chi connectivity index (χ1n) is 17.5. The Balaban J connectivity index is 1.47. The molecule has 4 aromatic rings. The number of nitro benzene ring substituents is 1. The number of sulfonamides is 1. The molecule has 0 unspecified atom stereocenters. The van der Waals surface area contributed by atoms with Gasteiger partial charge in [-0.05, 0) is 55.7 Å². The molecular formula is C36H45N7O10SSi. The number of imidazole rings is 1. The van der Waals surface area contributed by atoms with Crippen molar-refractivity contribution >= 4 is 52.9 Å². The summed E-state index contributed by atoms with van der Waals surface area (Å²) in [7, 11) is -6.74. The van der Waals surface area contributed by atoms with E-state index >= 15 is 0 Å². The molecular weight excluding hydrogens is 751 g/mol. The summed E-state index contributed by atoms with van der Waals surface area (Å²) in [6.45, 7) is 15.1. The minimum absolute atomic E-state index is 0.0439. The molecule has 0 spiro atoms. The molecule has 5 rings (SSSR count). The number of non-ortho nitro benzene ring substituents is 1. The lowest BCUT2D eigenvalue weighted by molar-refractivity contribution is -0.384. The van der Waals surface area contributed by atoms with Crippen LogP contribution in [0, 0.1) is 10.1 Å². The normalized spacial score (nSPS) is 19.6. The standard InChI is InChI=1S/C36H45N7O10SSi/c1-8-9-19-42(54(49,50)26-17-15-25(16-18-26)43(47)48)23(2)35(46)53-30-29(44)27(20-51-55(6,7)36(3,4)5)52-34(30)41-22-39-28-31(37-21-38-32(28)41)40-33(45)24-13-11-10-12-14-24/h8,10-18,21-23,27,29-30,34,44H,1,9,19-20H2,2-7H3,(H,37,38,40,45)/t23-,27+,29+,30+,34+/m0/s1. The number of aliphatic hydroxyl groups is 1. The third-order valence-electron chi connectivity index (χ3n) is 9.86. The molecule has 0 radical (unpaired) electrons. The van der Waals surface area contributed by atoms with Crippen LogP contribution in [-0.4, -0.2) is 100.0 Å². The average Bonchev–Trinajstić information content (AvgIpc) is 3.71. The van der Waals surface area contributed by atoms with Crippen molar-refractivity contribution in [1.82, 2.24) is 23.8 Å². The molecule has 1 amide bonds. The molecule has 1 saturated heterocycles. The van der Waals surface area contributed by atoms with E-state index in [1.54, 1.807) is 30.3 Å². The van der Waals surface area contributed by atoms with Gasteiger partial charge >= 0.3 is 5.97 Å². The molecule has 2 aromatic heterocycles. The molecule has 294 valence electrons. The van der Waals surface area contributed by atoms with Crippen LogP contribution in [0.2, 0.25) is 18.1 Å². The summed E-state index contributed by atoms with van der Waals surface area (Å²) >= 11 is 0. The highest BCUT2D eigenvalue weighted by molar-refractivity contribution is 7.89. The van der Waals surface area contributed by atoms with Gasteiger partial charge in [0.1, 0.15) is 24.6 Å². The average molecular weight is 796 g/mol. The van der Waals surface area contributed by atoms with Gasteiger partial charge in [0.15, 0.2) is 37.6 Å². The number of esters is 1. The van der Waals surface area contributed by atoms with Crippen molar-refractivity contribution < 1.29 is 41.9 Å². The molecule has 0 bridgehead atoms. The monoisotopic (exact) mass is 795 g/mol. The lowest BCUT2D eigenvalue weighted by Crippen LogP contribution is -2.47. The summed E-state index contributed by atoms with van der Waals surface area (Å²) in [5, 5.41) is 25.5. The molecule has 1 aliphatic rings. The highest BCUT2D eigenvalue weighted by Gasteiger charge is 2.50. The van der Waals surface area contributed by atoms with Crippen molar-refractivity contribution in [3.05, 3.63) is 95.6 Å². The molecule has 5 atom stereocenters.